The molecule has 3 nitrogen and oxygen atoms in total. The van der Waals surface area contributed by atoms with E-state index in [2.05, 4.69) is 36.6 Å². The lowest BCUT2D eigenvalue weighted by Gasteiger charge is -2.06. The topological polar surface area (TPSA) is 35.5 Å². The Morgan fingerprint density at radius 1 is 1.25 bits per heavy atom. The van der Waals surface area contributed by atoms with Crippen LogP contribution in [0.25, 0.3) is 6.08 Å². The van der Waals surface area contributed by atoms with Crippen LogP contribution < -0.4 is 4.74 Å². The molecule has 0 aromatic heterocycles. The summed E-state index contributed by atoms with van der Waals surface area (Å²) >= 11 is 6.75. The van der Waals surface area contributed by atoms with Crippen LogP contribution in [0.3, 0.4) is 0 Å². The van der Waals surface area contributed by atoms with E-state index in [-0.39, 0.29) is 5.97 Å². The molecule has 0 aliphatic carbocycles. The lowest BCUT2D eigenvalue weighted by molar-refractivity contribution is -0.134. The zero-order valence-corrected chi connectivity index (χ0v) is 12.0. The number of rotatable bonds is 3. The second kappa shape index (κ2) is 6.06. The van der Waals surface area contributed by atoms with Crippen molar-refractivity contribution >= 4 is 43.9 Å². The van der Waals surface area contributed by atoms with E-state index < -0.39 is 0 Å². The molecule has 0 spiro atoms. The Morgan fingerprint density at radius 2 is 1.81 bits per heavy atom. The molecular weight excluding hydrogens is 340 g/mol. The van der Waals surface area contributed by atoms with Crippen LogP contribution in [0.5, 0.6) is 5.75 Å². The molecule has 5 heteroatoms. The lowest BCUT2D eigenvalue weighted by atomic mass is 10.2. The van der Waals surface area contributed by atoms with Gasteiger partial charge in [0.15, 0.2) is 0 Å². The Hall–Kier alpha value is -0.810. The quantitative estimate of drug-likeness (QED) is 0.619. The predicted octanol–water partition coefficient (Wildman–Crippen LogP) is 3.41. The summed E-state index contributed by atoms with van der Waals surface area (Å²) in [7, 11) is 2.93. The molecule has 0 aliphatic rings. The summed E-state index contributed by atoms with van der Waals surface area (Å²) in [4.78, 5) is 10.9. The highest BCUT2D eigenvalue weighted by molar-refractivity contribution is 9.11. The lowest BCUT2D eigenvalue weighted by Crippen LogP contribution is -1.93. The fraction of sp³-hybridized carbons (Fsp3) is 0.182. The summed E-state index contributed by atoms with van der Waals surface area (Å²) in [5.74, 6) is 0.332. The maximum atomic E-state index is 10.9. The first-order chi connectivity index (χ1) is 7.58. The number of esters is 1. The average Bonchev–Trinajstić information content (AvgIpc) is 2.25. The van der Waals surface area contributed by atoms with Crippen LogP contribution in [0.15, 0.2) is 27.2 Å². The van der Waals surface area contributed by atoms with E-state index in [4.69, 9.17) is 4.74 Å². The van der Waals surface area contributed by atoms with E-state index in [1.165, 1.54) is 13.2 Å². The van der Waals surface area contributed by atoms with Crippen molar-refractivity contribution < 1.29 is 14.3 Å². The zero-order valence-electron chi connectivity index (χ0n) is 8.79. The summed E-state index contributed by atoms with van der Waals surface area (Å²) < 4.78 is 11.3. The van der Waals surface area contributed by atoms with E-state index in [0.29, 0.717) is 0 Å². The molecule has 0 saturated heterocycles. The Morgan fingerprint density at radius 3 is 2.25 bits per heavy atom. The van der Waals surface area contributed by atoms with Crippen LogP contribution in [-0.4, -0.2) is 20.2 Å². The molecule has 0 heterocycles. The van der Waals surface area contributed by atoms with Crippen molar-refractivity contribution in [2.75, 3.05) is 14.2 Å². The van der Waals surface area contributed by atoms with Crippen LogP contribution in [0.4, 0.5) is 0 Å². The van der Waals surface area contributed by atoms with Gasteiger partial charge in [0, 0.05) is 6.08 Å². The fourth-order valence-corrected chi connectivity index (χ4v) is 2.65. The van der Waals surface area contributed by atoms with Gasteiger partial charge in [-0.15, -0.1) is 0 Å². The predicted molar refractivity (Wildman–Crippen MR) is 69.4 cm³/mol. The van der Waals surface area contributed by atoms with Crippen molar-refractivity contribution in [3.8, 4) is 5.75 Å². The molecule has 0 fully saturated rings. The second-order valence-electron chi connectivity index (χ2n) is 2.87. The Kier molecular flexibility index (Phi) is 5.02. The minimum Gasteiger partial charge on any atom is -0.494 e. The van der Waals surface area contributed by atoms with Crippen molar-refractivity contribution in [2.24, 2.45) is 0 Å². The minimum atomic E-state index is -0.386. The van der Waals surface area contributed by atoms with E-state index in [9.17, 15) is 4.79 Å². The molecule has 1 aromatic rings. The third-order valence-electron chi connectivity index (χ3n) is 1.84. The van der Waals surface area contributed by atoms with Gasteiger partial charge in [0.1, 0.15) is 5.75 Å². The van der Waals surface area contributed by atoms with E-state index in [0.717, 1.165) is 20.3 Å². The molecule has 0 N–H and O–H groups in total. The first-order valence-corrected chi connectivity index (χ1v) is 5.96. The van der Waals surface area contributed by atoms with E-state index >= 15 is 0 Å². The third-order valence-corrected chi connectivity index (χ3v) is 3.02. The van der Waals surface area contributed by atoms with Gasteiger partial charge in [-0.1, -0.05) is 0 Å². The largest absolute Gasteiger partial charge is 0.494 e. The smallest absolute Gasteiger partial charge is 0.330 e. The monoisotopic (exact) mass is 348 g/mol. The number of hydrogen-bond donors (Lipinski definition) is 0. The first-order valence-electron chi connectivity index (χ1n) is 4.37. The second-order valence-corrected chi connectivity index (χ2v) is 4.58. The number of methoxy groups -OCH3 is 2. The molecule has 0 bridgehead atoms. The van der Waals surface area contributed by atoms with Gasteiger partial charge in [0.05, 0.1) is 23.2 Å². The van der Waals surface area contributed by atoms with Gasteiger partial charge >= 0.3 is 5.97 Å². The van der Waals surface area contributed by atoms with E-state index in [1.807, 2.05) is 12.1 Å². The molecule has 0 unspecified atom stereocenters. The van der Waals surface area contributed by atoms with Crippen molar-refractivity contribution in [1.82, 2.24) is 0 Å². The highest BCUT2D eigenvalue weighted by atomic mass is 79.9. The normalized spacial score (nSPS) is 10.5. The number of carbonyl (C=O) groups is 1. The van der Waals surface area contributed by atoms with Gasteiger partial charge in [-0.25, -0.2) is 4.79 Å². The number of hydrogen-bond acceptors (Lipinski definition) is 3. The fourth-order valence-electron chi connectivity index (χ4n) is 1.10. The van der Waals surface area contributed by atoms with Gasteiger partial charge in [-0.3, -0.25) is 0 Å². The molecule has 0 amide bonds. The summed E-state index contributed by atoms with van der Waals surface area (Å²) in [5, 5.41) is 0. The van der Waals surface area contributed by atoms with Crippen molar-refractivity contribution in [2.45, 2.75) is 0 Å². The Labute approximate surface area is 111 Å². The van der Waals surface area contributed by atoms with Gasteiger partial charge in [-0.05, 0) is 55.6 Å². The van der Waals surface area contributed by atoms with Gasteiger partial charge in [0.2, 0.25) is 0 Å². The minimum absolute atomic E-state index is 0.386. The van der Waals surface area contributed by atoms with Crippen molar-refractivity contribution in [3.05, 3.63) is 32.7 Å². The number of benzene rings is 1. The van der Waals surface area contributed by atoms with Crippen molar-refractivity contribution in [1.29, 1.82) is 0 Å². The highest BCUT2D eigenvalue weighted by Gasteiger charge is 2.06. The molecule has 0 atom stereocenters. The van der Waals surface area contributed by atoms with Crippen LogP contribution in [0.1, 0.15) is 5.56 Å². The average molecular weight is 350 g/mol. The maximum Gasteiger partial charge on any atom is 0.330 e. The number of carbonyl (C=O) groups excluding carboxylic acids is 1. The Balaban J connectivity index is 3.00. The number of ether oxygens (including phenoxy) is 2. The van der Waals surface area contributed by atoms with E-state index in [1.54, 1.807) is 13.2 Å². The highest BCUT2D eigenvalue weighted by Crippen LogP contribution is 2.34. The van der Waals surface area contributed by atoms with Crippen LogP contribution >= 0.6 is 31.9 Å². The molecule has 0 aliphatic heterocycles. The maximum absolute atomic E-state index is 10.9. The zero-order chi connectivity index (χ0) is 12.1. The summed E-state index contributed by atoms with van der Waals surface area (Å²) in [6.07, 6.45) is 3.03. The van der Waals surface area contributed by atoms with Crippen LogP contribution in [-0.2, 0) is 9.53 Å². The first kappa shape index (κ1) is 13.3. The summed E-state index contributed by atoms with van der Waals surface area (Å²) in [6.45, 7) is 0. The molecular formula is C11H10Br2O3. The van der Waals surface area contributed by atoms with Gasteiger partial charge in [-0.2, -0.15) is 0 Å². The third kappa shape index (κ3) is 3.35. The molecule has 0 radical (unpaired) electrons. The van der Waals surface area contributed by atoms with Crippen LogP contribution in [0, 0.1) is 0 Å². The molecule has 86 valence electrons. The van der Waals surface area contributed by atoms with Crippen LogP contribution in [0.2, 0.25) is 0 Å². The van der Waals surface area contributed by atoms with Crippen molar-refractivity contribution in [3.63, 3.8) is 0 Å². The van der Waals surface area contributed by atoms with Gasteiger partial charge < -0.3 is 9.47 Å². The molecule has 16 heavy (non-hydrogen) atoms. The molecule has 0 saturated carbocycles. The summed E-state index contributed by atoms with van der Waals surface area (Å²) in [5.41, 5.74) is 0.866. The molecule has 1 aromatic carbocycles. The number of halogens is 2. The SMILES string of the molecule is COC(=O)/C=C/c1cc(Br)c(OC)c(Br)c1. The standard InChI is InChI=1S/C11H10Br2O3/c1-15-10(14)4-3-7-5-8(12)11(16-2)9(13)6-7/h3-6H,1-2H3/b4-3+. The summed E-state index contributed by atoms with van der Waals surface area (Å²) in [6, 6.07) is 3.70. The Bertz CT molecular complexity index is 404. The van der Waals surface area contributed by atoms with Gasteiger partial charge in [0.25, 0.3) is 0 Å². The molecule has 1 rings (SSSR count).